The molecule has 3 unspecified atom stereocenters. The lowest BCUT2D eigenvalue weighted by molar-refractivity contribution is -0.260. The van der Waals surface area contributed by atoms with Crippen molar-refractivity contribution in [3.05, 3.63) is 64.9 Å². The summed E-state index contributed by atoms with van der Waals surface area (Å²) in [5.41, 5.74) is 2.92. The molecule has 0 fully saturated rings. The van der Waals surface area contributed by atoms with Gasteiger partial charge in [-0.1, -0.05) is 23.7 Å². The summed E-state index contributed by atoms with van der Waals surface area (Å²) in [6, 6.07) is 10.9. The van der Waals surface area contributed by atoms with Gasteiger partial charge >= 0.3 is 6.18 Å². The van der Waals surface area contributed by atoms with Gasteiger partial charge in [0.25, 0.3) is 5.91 Å². The number of carbonyl (C=O) groups excluding carboxylic acids is 2. The van der Waals surface area contributed by atoms with Crippen LogP contribution in [-0.4, -0.2) is 65.6 Å². The van der Waals surface area contributed by atoms with Crippen molar-refractivity contribution in [3.8, 4) is 0 Å². The highest BCUT2D eigenvalue weighted by Crippen LogP contribution is 2.32. The summed E-state index contributed by atoms with van der Waals surface area (Å²) in [5.74, 6) is -3.37. The number of benzene rings is 2. The van der Waals surface area contributed by atoms with E-state index in [0.717, 1.165) is 23.2 Å². The molecular formula is C23H24ClF4N5O3. The minimum atomic E-state index is -5.19. The van der Waals surface area contributed by atoms with E-state index >= 15 is 0 Å². The largest absolute Gasteiger partial charge is 0.420 e. The summed E-state index contributed by atoms with van der Waals surface area (Å²) in [6.45, 7) is -1.11. The number of nitrogens with one attached hydrogen (secondary N) is 1. The number of carbonyl (C=O) groups is 2. The maximum atomic E-state index is 13.9. The first-order valence-electron chi connectivity index (χ1n) is 10.8. The third kappa shape index (κ3) is 5.77. The zero-order chi connectivity index (χ0) is 26.7. The highest BCUT2D eigenvalue weighted by molar-refractivity contribution is 6.33. The lowest BCUT2D eigenvalue weighted by Crippen LogP contribution is -2.61. The van der Waals surface area contributed by atoms with Gasteiger partial charge in [-0.25, -0.2) is 9.40 Å². The molecule has 0 radical (unpaired) electrons. The van der Waals surface area contributed by atoms with Crippen LogP contribution >= 0.6 is 11.6 Å². The molecule has 0 spiro atoms. The van der Waals surface area contributed by atoms with E-state index < -0.39 is 54.6 Å². The number of likely N-dealkylation sites (N-methyl/N-ethyl adjacent to an activating group) is 1. The van der Waals surface area contributed by atoms with Crippen molar-refractivity contribution in [2.45, 2.75) is 24.9 Å². The molecule has 1 aliphatic heterocycles. The first-order valence-corrected chi connectivity index (χ1v) is 11.2. The maximum Gasteiger partial charge on any atom is 0.420 e. The molecule has 0 aromatic heterocycles. The fraction of sp³-hybridized carbons (Fsp3) is 0.348. The van der Waals surface area contributed by atoms with Gasteiger partial charge in [0.05, 0.1) is 29.4 Å². The molecular weight excluding hydrogens is 506 g/mol. The van der Waals surface area contributed by atoms with Gasteiger partial charge in [0, 0.05) is 12.8 Å². The van der Waals surface area contributed by atoms with E-state index in [9.17, 15) is 32.3 Å². The van der Waals surface area contributed by atoms with Gasteiger partial charge in [0.15, 0.2) is 5.60 Å². The second kappa shape index (κ2) is 10.8. The Morgan fingerprint density at radius 1 is 1.19 bits per heavy atom. The molecule has 1 aliphatic rings. The molecule has 0 bridgehead atoms. The standard InChI is InChI=1S/C23H24ClF4N5O3/c1-2-32(21(35)16-5-3-4-6-18(16)24)13-22(36,23(26,27)28)12-30-20(34)17-11-31-33(19(17)29)15-9-7-14(25)8-10-15/h3-11,17,19,36H,2,12-13,29H2,1H3,(H,30,34). The Kier molecular flexibility index (Phi) is 8.22. The van der Waals surface area contributed by atoms with Crippen LogP contribution in [0.25, 0.3) is 0 Å². The highest BCUT2D eigenvalue weighted by atomic mass is 35.5. The fourth-order valence-corrected chi connectivity index (χ4v) is 3.78. The average molecular weight is 530 g/mol. The van der Waals surface area contributed by atoms with Crippen molar-refractivity contribution in [3.63, 3.8) is 0 Å². The Labute approximate surface area is 209 Å². The van der Waals surface area contributed by atoms with Crippen LogP contribution in [0.15, 0.2) is 53.6 Å². The second-order valence-electron chi connectivity index (χ2n) is 8.15. The van der Waals surface area contributed by atoms with Crippen molar-refractivity contribution in [1.82, 2.24) is 10.2 Å². The summed E-state index contributed by atoms with van der Waals surface area (Å²) >= 11 is 6.00. The van der Waals surface area contributed by atoms with Gasteiger partial charge in [0.1, 0.15) is 17.9 Å². The molecule has 0 saturated heterocycles. The van der Waals surface area contributed by atoms with E-state index in [2.05, 4.69) is 10.4 Å². The van der Waals surface area contributed by atoms with E-state index in [0.29, 0.717) is 5.69 Å². The quantitative estimate of drug-likeness (QED) is 0.455. The molecule has 1 heterocycles. The molecule has 2 aromatic carbocycles. The van der Waals surface area contributed by atoms with Crippen LogP contribution in [0.3, 0.4) is 0 Å². The van der Waals surface area contributed by atoms with E-state index in [1.165, 1.54) is 42.3 Å². The molecule has 2 amide bonds. The van der Waals surface area contributed by atoms with E-state index in [1.807, 2.05) is 0 Å². The third-order valence-corrected chi connectivity index (χ3v) is 6.03. The van der Waals surface area contributed by atoms with Crippen LogP contribution < -0.4 is 16.1 Å². The number of alkyl halides is 3. The summed E-state index contributed by atoms with van der Waals surface area (Å²) in [7, 11) is 0. The van der Waals surface area contributed by atoms with E-state index in [-0.39, 0.29) is 17.1 Å². The van der Waals surface area contributed by atoms with Crippen LogP contribution in [0, 0.1) is 11.7 Å². The number of hydrogen-bond acceptors (Lipinski definition) is 6. The van der Waals surface area contributed by atoms with Crippen LogP contribution in [0.4, 0.5) is 23.2 Å². The number of hydrogen-bond donors (Lipinski definition) is 3. The minimum absolute atomic E-state index is 0.0244. The number of aliphatic hydroxyl groups is 1. The Bertz CT molecular complexity index is 1130. The molecule has 3 rings (SSSR count). The Morgan fingerprint density at radius 3 is 2.42 bits per heavy atom. The molecule has 8 nitrogen and oxygen atoms in total. The van der Waals surface area contributed by atoms with Gasteiger partial charge < -0.3 is 21.1 Å². The topological polar surface area (TPSA) is 111 Å². The van der Waals surface area contributed by atoms with Gasteiger partial charge in [-0.15, -0.1) is 0 Å². The predicted octanol–water partition coefficient (Wildman–Crippen LogP) is 2.76. The number of amides is 2. The molecule has 4 N–H and O–H groups in total. The van der Waals surface area contributed by atoms with Crippen molar-refractivity contribution in [1.29, 1.82) is 0 Å². The predicted molar refractivity (Wildman–Crippen MR) is 126 cm³/mol. The first kappa shape index (κ1) is 27.4. The summed E-state index contributed by atoms with van der Waals surface area (Å²) < 4.78 is 54.9. The third-order valence-electron chi connectivity index (χ3n) is 5.70. The van der Waals surface area contributed by atoms with Crippen molar-refractivity contribution in [2.24, 2.45) is 16.8 Å². The highest BCUT2D eigenvalue weighted by Gasteiger charge is 2.55. The summed E-state index contributed by atoms with van der Waals surface area (Å²) in [6.07, 6.45) is -5.13. The zero-order valence-corrected chi connectivity index (χ0v) is 19.8. The molecule has 3 atom stereocenters. The maximum absolute atomic E-state index is 13.9. The van der Waals surface area contributed by atoms with Crippen LogP contribution in [0.1, 0.15) is 17.3 Å². The van der Waals surface area contributed by atoms with E-state index in [4.69, 9.17) is 17.3 Å². The smallest absolute Gasteiger partial charge is 0.378 e. The monoisotopic (exact) mass is 529 g/mol. The van der Waals surface area contributed by atoms with Gasteiger partial charge in [-0.05, 0) is 43.3 Å². The molecule has 194 valence electrons. The second-order valence-corrected chi connectivity index (χ2v) is 8.56. The number of hydrazone groups is 1. The zero-order valence-electron chi connectivity index (χ0n) is 19.0. The van der Waals surface area contributed by atoms with Crippen LogP contribution in [-0.2, 0) is 4.79 Å². The number of rotatable bonds is 8. The number of nitrogens with zero attached hydrogens (tertiary/aromatic N) is 3. The summed E-state index contributed by atoms with van der Waals surface area (Å²) in [5, 5.41) is 17.9. The van der Waals surface area contributed by atoms with Crippen molar-refractivity contribution in [2.75, 3.05) is 24.6 Å². The summed E-state index contributed by atoms with van der Waals surface area (Å²) in [4.78, 5) is 26.3. The molecule has 36 heavy (non-hydrogen) atoms. The lowest BCUT2D eigenvalue weighted by atomic mass is 10.0. The minimum Gasteiger partial charge on any atom is -0.378 e. The van der Waals surface area contributed by atoms with Gasteiger partial charge in [-0.2, -0.15) is 18.3 Å². The fourth-order valence-electron chi connectivity index (χ4n) is 3.56. The number of nitrogens with two attached hydrogens (primary N) is 1. The van der Waals surface area contributed by atoms with E-state index in [1.54, 1.807) is 6.07 Å². The van der Waals surface area contributed by atoms with Gasteiger partial charge in [-0.3, -0.25) is 9.59 Å². The Morgan fingerprint density at radius 2 is 1.83 bits per heavy atom. The molecule has 2 aromatic rings. The number of halogens is 5. The van der Waals surface area contributed by atoms with Gasteiger partial charge in [0.2, 0.25) is 5.91 Å². The van der Waals surface area contributed by atoms with Crippen LogP contribution in [0.5, 0.6) is 0 Å². The Hall–Kier alpha value is -3.22. The van der Waals surface area contributed by atoms with Crippen molar-refractivity contribution >= 4 is 35.3 Å². The number of anilines is 1. The SMILES string of the molecule is CCN(CC(O)(CNC(=O)C1C=NN(c2ccc(F)cc2)C1N)C(F)(F)F)C(=O)c1ccccc1Cl. The average Bonchev–Trinajstić information content (AvgIpc) is 3.22. The lowest BCUT2D eigenvalue weighted by Gasteiger charge is -2.36. The molecule has 0 aliphatic carbocycles. The van der Waals surface area contributed by atoms with Crippen LogP contribution in [0.2, 0.25) is 5.02 Å². The first-order chi connectivity index (χ1) is 16.9. The molecule has 13 heteroatoms. The van der Waals surface area contributed by atoms with Crippen molar-refractivity contribution < 1.29 is 32.3 Å². The molecule has 0 saturated carbocycles. The Balaban J connectivity index is 1.71. The normalized spacial score (nSPS) is 19.2.